The Bertz CT molecular complexity index is 1370. The summed E-state index contributed by atoms with van der Waals surface area (Å²) in [4.78, 5) is 37.0. The van der Waals surface area contributed by atoms with Crippen LogP contribution in [-0.4, -0.2) is 69.2 Å². The molecule has 1 aliphatic rings. The first-order valence-electron chi connectivity index (χ1n) is 14.9. The standard InChI is InChI=1S/C34H43N5O4/c1-24(35)32(41)38-30(25(2)43-22-26-10-5-4-6-11-26)33(42)39-19-8-14-29(39)15-16-34(3,23-40)21-27-12-7-13-28(20-27)31-36-17-9-18-37-31/h4-7,9-13,15-18,20,24-25,29-30,40H,8,14,19,21-23,35H2,1-3H3,(H,38,41)/t24-,25+,29-,30-,34-/m0/s1. The highest BCUT2D eigenvalue weighted by molar-refractivity contribution is 5.90. The van der Waals surface area contributed by atoms with E-state index >= 15 is 0 Å². The third-order valence-electron chi connectivity index (χ3n) is 7.83. The van der Waals surface area contributed by atoms with Crippen LogP contribution in [0.4, 0.5) is 0 Å². The van der Waals surface area contributed by atoms with Gasteiger partial charge in [0.05, 0.1) is 31.4 Å². The van der Waals surface area contributed by atoms with E-state index in [4.69, 9.17) is 10.5 Å². The van der Waals surface area contributed by atoms with Crippen molar-refractivity contribution in [3.8, 4) is 11.4 Å². The molecule has 5 atom stereocenters. The van der Waals surface area contributed by atoms with E-state index < -0.39 is 29.5 Å². The smallest absolute Gasteiger partial charge is 0.248 e. The Balaban J connectivity index is 1.47. The van der Waals surface area contributed by atoms with Crippen LogP contribution in [0.15, 0.2) is 85.2 Å². The number of nitrogens with two attached hydrogens (primary N) is 1. The van der Waals surface area contributed by atoms with Crippen LogP contribution in [0.1, 0.15) is 44.7 Å². The van der Waals surface area contributed by atoms with Crippen molar-refractivity contribution in [2.45, 2.75) is 70.9 Å². The molecule has 0 saturated carbocycles. The van der Waals surface area contributed by atoms with E-state index in [-0.39, 0.29) is 18.6 Å². The van der Waals surface area contributed by atoms with E-state index in [1.54, 1.807) is 37.2 Å². The molecule has 1 fully saturated rings. The number of likely N-dealkylation sites (tertiary alicyclic amines) is 1. The van der Waals surface area contributed by atoms with E-state index in [9.17, 15) is 14.7 Å². The summed E-state index contributed by atoms with van der Waals surface area (Å²) < 4.78 is 6.06. The topological polar surface area (TPSA) is 131 Å². The molecule has 0 unspecified atom stereocenters. The summed E-state index contributed by atoms with van der Waals surface area (Å²) >= 11 is 0. The average molecular weight is 586 g/mol. The number of ether oxygens (including phenoxy) is 1. The highest BCUT2D eigenvalue weighted by Crippen LogP contribution is 2.28. The van der Waals surface area contributed by atoms with Crippen LogP contribution in [0.2, 0.25) is 0 Å². The number of aliphatic hydroxyl groups is 1. The number of rotatable bonds is 13. The Morgan fingerprint density at radius 2 is 1.84 bits per heavy atom. The molecular weight excluding hydrogens is 542 g/mol. The molecular formula is C34H43N5O4. The fourth-order valence-electron chi connectivity index (χ4n) is 5.25. The largest absolute Gasteiger partial charge is 0.395 e. The minimum absolute atomic E-state index is 0.0618. The number of hydrogen-bond acceptors (Lipinski definition) is 7. The lowest BCUT2D eigenvalue weighted by Crippen LogP contribution is -2.57. The Labute approximate surface area is 254 Å². The van der Waals surface area contributed by atoms with Gasteiger partial charge in [-0.25, -0.2) is 9.97 Å². The molecule has 9 heteroatoms. The molecule has 0 spiro atoms. The zero-order chi connectivity index (χ0) is 30.8. The molecule has 0 aliphatic carbocycles. The van der Waals surface area contributed by atoms with Gasteiger partial charge in [0.1, 0.15) is 6.04 Å². The maximum atomic E-state index is 13.9. The summed E-state index contributed by atoms with van der Waals surface area (Å²) in [6.45, 7) is 6.21. The first-order valence-corrected chi connectivity index (χ1v) is 14.9. The quantitative estimate of drug-likeness (QED) is 0.261. The summed E-state index contributed by atoms with van der Waals surface area (Å²) in [7, 11) is 0. The van der Waals surface area contributed by atoms with Gasteiger partial charge in [-0.05, 0) is 56.4 Å². The molecule has 228 valence electrons. The maximum Gasteiger partial charge on any atom is 0.248 e. The van der Waals surface area contributed by atoms with Gasteiger partial charge in [-0.3, -0.25) is 9.59 Å². The Hall–Kier alpha value is -3.92. The van der Waals surface area contributed by atoms with Gasteiger partial charge in [0.2, 0.25) is 11.8 Å². The minimum Gasteiger partial charge on any atom is -0.395 e. The SMILES string of the molecule is C[C@H](N)C(=O)N[C@H](C(=O)N1CCC[C@H]1C=C[C@](C)(CO)Cc1cccc(-c2ncccn2)c1)[C@@H](C)OCc1ccccc1. The summed E-state index contributed by atoms with van der Waals surface area (Å²) in [6.07, 6.45) is 9.11. The lowest BCUT2D eigenvalue weighted by Gasteiger charge is -2.32. The Kier molecular flexibility index (Phi) is 11.2. The van der Waals surface area contributed by atoms with E-state index in [0.29, 0.717) is 25.4 Å². The average Bonchev–Trinajstić information content (AvgIpc) is 3.51. The van der Waals surface area contributed by atoms with E-state index in [2.05, 4.69) is 15.3 Å². The fraction of sp³-hybridized carbons (Fsp3) is 0.412. The summed E-state index contributed by atoms with van der Waals surface area (Å²) in [5.74, 6) is 0.0390. The number of benzene rings is 2. The summed E-state index contributed by atoms with van der Waals surface area (Å²) in [6, 6.07) is 17.7. The van der Waals surface area contributed by atoms with Crippen LogP contribution >= 0.6 is 0 Å². The highest BCUT2D eigenvalue weighted by Gasteiger charge is 2.37. The van der Waals surface area contributed by atoms with Gasteiger partial charge in [0, 0.05) is 29.9 Å². The van der Waals surface area contributed by atoms with Gasteiger partial charge in [0.25, 0.3) is 0 Å². The third kappa shape index (κ3) is 8.79. The van der Waals surface area contributed by atoms with Crippen molar-refractivity contribution in [2.75, 3.05) is 13.2 Å². The van der Waals surface area contributed by atoms with Crippen molar-refractivity contribution < 1.29 is 19.4 Å². The van der Waals surface area contributed by atoms with Crippen LogP contribution in [0.3, 0.4) is 0 Å². The Morgan fingerprint density at radius 1 is 1.12 bits per heavy atom. The van der Waals surface area contributed by atoms with Crippen LogP contribution in [0.5, 0.6) is 0 Å². The van der Waals surface area contributed by atoms with Crippen molar-refractivity contribution in [1.82, 2.24) is 20.2 Å². The van der Waals surface area contributed by atoms with Crippen LogP contribution in [0, 0.1) is 5.41 Å². The predicted octanol–water partition coefficient (Wildman–Crippen LogP) is 3.67. The molecule has 1 aromatic heterocycles. The van der Waals surface area contributed by atoms with Gasteiger partial charge in [0.15, 0.2) is 5.82 Å². The second kappa shape index (κ2) is 15.0. The molecule has 2 aromatic carbocycles. The molecule has 2 heterocycles. The Morgan fingerprint density at radius 3 is 2.53 bits per heavy atom. The van der Waals surface area contributed by atoms with E-state index in [1.165, 1.54) is 0 Å². The summed E-state index contributed by atoms with van der Waals surface area (Å²) in [5, 5.41) is 13.2. The van der Waals surface area contributed by atoms with E-state index in [0.717, 1.165) is 29.5 Å². The van der Waals surface area contributed by atoms with Crippen LogP contribution in [-0.2, 0) is 27.4 Å². The van der Waals surface area contributed by atoms with Gasteiger partial charge in [-0.1, -0.05) is 67.6 Å². The number of aliphatic hydroxyl groups excluding tert-OH is 1. The predicted molar refractivity (Wildman–Crippen MR) is 167 cm³/mol. The highest BCUT2D eigenvalue weighted by atomic mass is 16.5. The number of nitrogens with zero attached hydrogens (tertiary/aromatic N) is 3. The number of carbonyl (C=O) groups excluding carboxylic acids is 2. The minimum atomic E-state index is -0.886. The second-order valence-corrected chi connectivity index (χ2v) is 11.6. The van der Waals surface area contributed by atoms with Crippen molar-refractivity contribution in [3.63, 3.8) is 0 Å². The molecule has 0 radical (unpaired) electrons. The molecule has 3 aromatic rings. The molecule has 1 aliphatic heterocycles. The number of amides is 2. The third-order valence-corrected chi connectivity index (χ3v) is 7.83. The zero-order valence-corrected chi connectivity index (χ0v) is 25.2. The van der Waals surface area contributed by atoms with Crippen molar-refractivity contribution in [2.24, 2.45) is 11.1 Å². The first-order chi connectivity index (χ1) is 20.7. The first kappa shape index (κ1) is 32.0. The normalized spacial score (nSPS) is 18.6. The van der Waals surface area contributed by atoms with Crippen molar-refractivity contribution in [3.05, 3.63) is 96.3 Å². The van der Waals surface area contributed by atoms with Gasteiger partial charge >= 0.3 is 0 Å². The molecule has 1 saturated heterocycles. The monoisotopic (exact) mass is 585 g/mol. The molecule has 2 amide bonds. The molecule has 9 nitrogen and oxygen atoms in total. The van der Waals surface area contributed by atoms with Gasteiger partial charge in [-0.15, -0.1) is 0 Å². The lowest BCUT2D eigenvalue weighted by molar-refractivity contribution is -0.141. The molecule has 43 heavy (non-hydrogen) atoms. The molecule has 4 N–H and O–H groups in total. The zero-order valence-electron chi connectivity index (χ0n) is 25.2. The fourth-order valence-corrected chi connectivity index (χ4v) is 5.25. The maximum absolute atomic E-state index is 13.9. The molecule has 0 bridgehead atoms. The number of nitrogens with one attached hydrogen (secondary N) is 1. The lowest BCUT2D eigenvalue weighted by atomic mass is 9.83. The number of aromatic nitrogens is 2. The van der Waals surface area contributed by atoms with Crippen molar-refractivity contribution in [1.29, 1.82) is 0 Å². The number of carbonyl (C=O) groups is 2. The van der Waals surface area contributed by atoms with Crippen molar-refractivity contribution >= 4 is 11.8 Å². The van der Waals surface area contributed by atoms with Crippen LogP contribution < -0.4 is 11.1 Å². The number of hydrogen-bond donors (Lipinski definition) is 3. The van der Waals surface area contributed by atoms with Gasteiger partial charge < -0.3 is 25.8 Å². The molecule has 4 rings (SSSR count). The van der Waals surface area contributed by atoms with Crippen LogP contribution in [0.25, 0.3) is 11.4 Å². The summed E-state index contributed by atoms with van der Waals surface area (Å²) in [5.41, 5.74) is 8.22. The second-order valence-electron chi connectivity index (χ2n) is 11.6. The van der Waals surface area contributed by atoms with Gasteiger partial charge in [-0.2, -0.15) is 0 Å². The van der Waals surface area contributed by atoms with E-state index in [1.807, 2.05) is 73.7 Å².